The molecule has 14 nitrogen and oxygen atoms in total. The minimum Gasteiger partial charge on any atom is -0.409 e. The van der Waals surface area contributed by atoms with Crippen molar-refractivity contribution in [3.63, 3.8) is 0 Å². The molecule has 4 rings (SSSR count). The van der Waals surface area contributed by atoms with Crippen molar-refractivity contribution in [2.75, 3.05) is 0 Å². The smallest absolute Gasteiger partial charge is 0.293 e. The van der Waals surface area contributed by atoms with Crippen molar-refractivity contribution in [2.24, 2.45) is 0 Å². The second-order valence-electron chi connectivity index (χ2n) is 16.3. The third kappa shape index (κ3) is 9.79. The Morgan fingerprint density at radius 3 is 1.30 bits per heavy atom. The van der Waals surface area contributed by atoms with Crippen LogP contribution in [0.4, 0.5) is 11.4 Å². The van der Waals surface area contributed by atoms with E-state index in [1.54, 1.807) is 12.1 Å². The largest absolute Gasteiger partial charge is 0.409 e. The molecule has 2 fully saturated rings. The standard InChI is InChI=1S/2C17H28N2O5Si/c2*1-11-16(24-25(5,6)17(2,3)4)14(20)9-15(23-11)12-7-8-18-10-13(12)19(21)22/h2*7-8,10-11,14-16,20H,9H2,1-6H3/t11-,14+,15-,16-;11-,14-,15-,16-/m11/s1. The molecule has 2 N–H and O–H groups in total. The molecule has 0 aliphatic carbocycles. The number of nitrogens with zero attached hydrogens (tertiary/aromatic N) is 4. The molecule has 0 saturated carbocycles. The Labute approximate surface area is 297 Å². The summed E-state index contributed by atoms with van der Waals surface area (Å²) in [6, 6.07) is 3.16. The predicted octanol–water partition coefficient (Wildman–Crippen LogP) is 7.18. The van der Waals surface area contributed by atoms with Crippen molar-refractivity contribution in [3.05, 3.63) is 68.3 Å². The van der Waals surface area contributed by atoms with Crippen molar-refractivity contribution >= 4 is 28.0 Å². The molecule has 8 atom stereocenters. The highest BCUT2D eigenvalue weighted by molar-refractivity contribution is 6.74. The summed E-state index contributed by atoms with van der Waals surface area (Å²) in [5.41, 5.74) is 0.708. The van der Waals surface area contributed by atoms with Crippen LogP contribution in [0.2, 0.25) is 36.3 Å². The Hall–Kier alpha value is -2.71. The summed E-state index contributed by atoms with van der Waals surface area (Å²) in [5, 5.41) is 43.8. The molecule has 0 aromatic carbocycles. The third-order valence-corrected chi connectivity index (χ3v) is 19.5. The zero-order valence-corrected chi connectivity index (χ0v) is 33.4. The first-order valence-corrected chi connectivity index (χ1v) is 22.9. The van der Waals surface area contributed by atoms with Crippen molar-refractivity contribution in [2.45, 2.75) is 153 Å². The van der Waals surface area contributed by atoms with Gasteiger partial charge in [-0.3, -0.25) is 30.2 Å². The zero-order valence-electron chi connectivity index (χ0n) is 31.4. The number of hydrogen-bond donors (Lipinski definition) is 2. The summed E-state index contributed by atoms with van der Waals surface area (Å²) < 4.78 is 24.7. The summed E-state index contributed by atoms with van der Waals surface area (Å²) in [5.74, 6) is 0. The Kier molecular flexibility index (Phi) is 13.3. The fraction of sp³-hybridized carbons (Fsp3) is 0.706. The lowest BCUT2D eigenvalue weighted by Crippen LogP contribution is -2.53. The lowest BCUT2D eigenvalue weighted by molar-refractivity contribution is -0.387. The molecule has 0 radical (unpaired) electrons. The number of aromatic nitrogens is 2. The zero-order chi connectivity index (χ0) is 38.0. The molecule has 2 aromatic rings. The van der Waals surface area contributed by atoms with Gasteiger partial charge in [0.25, 0.3) is 11.4 Å². The molecule has 16 heteroatoms. The van der Waals surface area contributed by atoms with Gasteiger partial charge in [0.1, 0.15) is 12.4 Å². The Morgan fingerprint density at radius 1 is 0.720 bits per heavy atom. The van der Waals surface area contributed by atoms with Gasteiger partial charge >= 0.3 is 0 Å². The maximum absolute atomic E-state index is 11.2. The quantitative estimate of drug-likeness (QED) is 0.158. The normalized spacial score (nSPS) is 28.0. The van der Waals surface area contributed by atoms with Crippen molar-refractivity contribution in [1.29, 1.82) is 0 Å². The van der Waals surface area contributed by atoms with Crippen molar-refractivity contribution in [3.8, 4) is 0 Å². The van der Waals surface area contributed by atoms with Gasteiger partial charge in [0.15, 0.2) is 16.6 Å². The van der Waals surface area contributed by atoms with E-state index < -0.39 is 63.1 Å². The van der Waals surface area contributed by atoms with Crippen molar-refractivity contribution < 1.29 is 38.4 Å². The number of pyridine rings is 2. The molecule has 0 amide bonds. The highest BCUT2D eigenvalue weighted by Crippen LogP contribution is 2.43. The van der Waals surface area contributed by atoms with Crippen LogP contribution in [0.1, 0.15) is 91.6 Å². The second kappa shape index (κ2) is 15.9. The van der Waals surface area contributed by atoms with Gasteiger partial charge < -0.3 is 28.5 Å². The van der Waals surface area contributed by atoms with Gasteiger partial charge in [0, 0.05) is 25.2 Å². The van der Waals surface area contributed by atoms with Gasteiger partial charge in [-0.25, -0.2) is 0 Å². The molecule has 0 bridgehead atoms. The molecule has 2 aliphatic rings. The van der Waals surface area contributed by atoms with Gasteiger partial charge in [-0.2, -0.15) is 0 Å². The van der Waals surface area contributed by atoms with Gasteiger partial charge in [-0.05, 0) is 62.2 Å². The first kappa shape index (κ1) is 41.7. The van der Waals surface area contributed by atoms with E-state index in [9.17, 15) is 30.4 Å². The first-order chi connectivity index (χ1) is 22.9. The van der Waals surface area contributed by atoms with Gasteiger partial charge in [-0.15, -0.1) is 0 Å². The Balaban J connectivity index is 0.000000270. The minimum atomic E-state index is -2.06. The average molecular weight is 737 g/mol. The van der Waals surface area contributed by atoms with E-state index in [0.717, 1.165) is 0 Å². The number of nitro groups is 2. The van der Waals surface area contributed by atoms with E-state index in [-0.39, 0.29) is 46.5 Å². The van der Waals surface area contributed by atoms with Crippen LogP contribution in [-0.4, -0.2) is 83.3 Å². The number of ether oxygens (including phenoxy) is 2. The van der Waals surface area contributed by atoms with Crippen LogP contribution >= 0.6 is 0 Å². The molecule has 50 heavy (non-hydrogen) atoms. The van der Waals surface area contributed by atoms with Crippen LogP contribution < -0.4 is 0 Å². The Morgan fingerprint density at radius 2 is 1.04 bits per heavy atom. The molecule has 2 aromatic heterocycles. The van der Waals surface area contributed by atoms with E-state index in [4.69, 9.17) is 18.3 Å². The van der Waals surface area contributed by atoms with Gasteiger partial charge in [0.2, 0.25) is 0 Å². The van der Waals surface area contributed by atoms with E-state index in [0.29, 0.717) is 11.1 Å². The van der Waals surface area contributed by atoms with Crippen LogP contribution in [0, 0.1) is 20.2 Å². The van der Waals surface area contributed by atoms with Gasteiger partial charge in [-0.1, -0.05) is 41.5 Å². The van der Waals surface area contributed by atoms with E-state index in [1.165, 1.54) is 24.8 Å². The topological polar surface area (TPSA) is 189 Å². The summed E-state index contributed by atoms with van der Waals surface area (Å²) in [4.78, 5) is 29.1. The molecular formula is C34H56N4O10Si2. The summed E-state index contributed by atoms with van der Waals surface area (Å²) >= 11 is 0. The summed E-state index contributed by atoms with van der Waals surface area (Å²) in [6.45, 7) is 25.1. The van der Waals surface area contributed by atoms with Crippen LogP contribution in [0.15, 0.2) is 36.9 Å². The molecule has 280 valence electrons. The van der Waals surface area contributed by atoms with E-state index >= 15 is 0 Å². The highest BCUT2D eigenvalue weighted by Gasteiger charge is 2.47. The third-order valence-electron chi connectivity index (χ3n) is 10.6. The Bertz CT molecular complexity index is 1350. The van der Waals surface area contributed by atoms with Gasteiger partial charge in [0.05, 0.1) is 69.8 Å². The molecule has 0 unspecified atom stereocenters. The maximum Gasteiger partial charge on any atom is 0.293 e. The van der Waals surface area contributed by atoms with Crippen LogP contribution in [-0.2, 0) is 18.3 Å². The highest BCUT2D eigenvalue weighted by atomic mass is 28.4. The number of hydrogen-bond acceptors (Lipinski definition) is 12. The molecule has 2 aliphatic heterocycles. The predicted molar refractivity (Wildman–Crippen MR) is 194 cm³/mol. The lowest BCUT2D eigenvalue weighted by atomic mass is 9.94. The fourth-order valence-electron chi connectivity index (χ4n) is 5.54. The van der Waals surface area contributed by atoms with Crippen molar-refractivity contribution in [1.82, 2.24) is 9.97 Å². The molecule has 4 heterocycles. The second-order valence-corrected chi connectivity index (χ2v) is 25.8. The van der Waals surface area contributed by atoms with E-state index in [1.807, 2.05) is 13.8 Å². The summed E-state index contributed by atoms with van der Waals surface area (Å²) in [7, 11) is -4.13. The van der Waals surface area contributed by atoms with Crippen LogP contribution in [0.25, 0.3) is 0 Å². The number of aliphatic hydroxyl groups is 2. The summed E-state index contributed by atoms with van der Waals surface area (Å²) in [6.07, 6.45) is 1.78. The van der Waals surface area contributed by atoms with E-state index in [2.05, 4.69) is 77.7 Å². The molecular weight excluding hydrogens is 681 g/mol. The molecule has 0 spiro atoms. The fourth-order valence-corrected chi connectivity index (χ4v) is 8.31. The minimum absolute atomic E-state index is 0.0210. The lowest BCUT2D eigenvalue weighted by Gasteiger charge is -2.45. The monoisotopic (exact) mass is 736 g/mol. The SMILES string of the molecule is C[C@H]1O[C@@H](c2ccncc2[N+](=O)[O-])C[C@@H](O)[C@@H]1O[Si](C)(C)C(C)(C)C.C[C@H]1O[C@@H](c2ccncc2[N+](=O)[O-])C[C@H](O)[C@@H]1O[Si](C)(C)C(C)(C)C. The maximum atomic E-state index is 11.2. The first-order valence-electron chi connectivity index (χ1n) is 17.1. The molecule has 2 saturated heterocycles. The number of rotatable bonds is 8. The number of aliphatic hydroxyl groups excluding tert-OH is 2. The van der Waals surface area contributed by atoms with Crippen LogP contribution in [0.3, 0.4) is 0 Å². The van der Waals surface area contributed by atoms with Crippen LogP contribution in [0.5, 0.6) is 0 Å². The average Bonchev–Trinajstić information content (AvgIpc) is 2.99.